The molecule has 2 aromatic carbocycles. The fraction of sp³-hybridized carbons (Fsp3) is 0.174. The Morgan fingerprint density at radius 1 is 0.969 bits per heavy atom. The van der Waals surface area contributed by atoms with E-state index < -0.39 is 11.7 Å². The maximum Gasteiger partial charge on any atom is 0.416 e. The van der Waals surface area contributed by atoms with Gasteiger partial charge in [0.2, 0.25) is 5.95 Å². The molecule has 0 aliphatic carbocycles. The number of fused-ring (bicyclic) bond motifs is 1. The highest BCUT2D eigenvalue weighted by Crippen LogP contribution is 2.35. The van der Waals surface area contributed by atoms with Crippen LogP contribution in [0.2, 0.25) is 0 Å². The zero-order valence-corrected chi connectivity index (χ0v) is 17.0. The molecule has 0 amide bonds. The molecule has 0 unspecified atom stereocenters. The van der Waals surface area contributed by atoms with Crippen molar-refractivity contribution in [2.24, 2.45) is 0 Å². The van der Waals surface area contributed by atoms with E-state index in [2.05, 4.69) is 20.3 Å². The van der Waals surface area contributed by atoms with Crippen molar-refractivity contribution in [2.45, 2.75) is 26.1 Å². The first kappa shape index (κ1) is 21.5. The molecule has 0 aliphatic heterocycles. The largest absolute Gasteiger partial charge is 0.505 e. The van der Waals surface area contributed by atoms with Crippen LogP contribution in [0.1, 0.15) is 28.1 Å². The van der Waals surface area contributed by atoms with Gasteiger partial charge in [0.15, 0.2) is 0 Å². The van der Waals surface area contributed by atoms with Crippen molar-refractivity contribution in [1.82, 2.24) is 15.0 Å². The van der Waals surface area contributed by atoms with E-state index in [0.717, 1.165) is 12.1 Å². The summed E-state index contributed by atoms with van der Waals surface area (Å²) in [6.45, 7) is 1.48. The Morgan fingerprint density at radius 3 is 2.44 bits per heavy atom. The SMILES string of the molecule is Cc1ccnc(Nc2cc(C(F)(F)F)ccc2Cc2ccc3ccc(CO)nc3c2O)n1. The lowest BCUT2D eigenvalue weighted by Crippen LogP contribution is -2.08. The minimum Gasteiger partial charge on any atom is -0.505 e. The number of nitrogens with one attached hydrogen (secondary N) is 1. The summed E-state index contributed by atoms with van der Waals surface area (Å²) in [4.78, 5) is 12.5. The zero-order chi connectivity index (χ0) is 22.9. The van der Waals surface area contributed by atoms with Gasteiger partial charge < -0.3 is 15.5 Å². The second kappa shape index (κ2) is 8.43. The molecule has 0 saturated carbocycles. The maximum absolute atomic E-state index is 13.3. The summed E-state index contributed by atoms with van der Waals surface area (Å²) in [5, 5.41) is 23.6. The molecule has 3 N–H and O–H groups in total. The Hall–Kier alpha value is -3.72. The maximum atomic E-state index is 13.3. The van der Waals surface area contributed by atoms with Crippen LogP contribution in [0.15, 0.2) is 54.7 Å². The van der Waals surface area contributed by atoms with E-state index in [-0.39, 0.29) is 30.4 Å². The van der Waals surface area contributed by atoms with E-state index in [4.69, 9.17) is 0 Å². The van der Waals surface area contributed by atoms with Gasteiger partial charge in [-0.3, -0.25) is 0 Å². The van der Waals surface area contributed by atoms with Gasteiger partial charge in [0, 0.05) is 34.9 Å². The minimum atomic E-state index is -4.52. The second-order valence-corrected chi connectivity index (χ2v) is 7.30. The minimum absolute atomic E-state index is 0.0875. The van der Waals surface area contributed by atoms with Crippen LogP contribution >= 0.6 is 0 Å². The number of pyridine rings is 1. The Bertz CT molecular complexity index is 1290. The summed E-state index contributed by atoms with van der Waals surface area (Å²) < 4.78 is 39.9. The van der Waals surface area contributed by atoms with Gasteiger partial charge in [-0.1, -0.05) is 24.3 Å². The van der Waals surface area contributed by atoms with Crippen molar-refractivity contribution in [3.63, 3.8) is 0 Å². The molecule has 9 heteroatoms. The fourth-order valence-electron chi connectivity index (χ4n) is 3.34. The van der Waals surface area contributed by atoms with E-state index in [1.54, 1.807) is 37.3 Å². The molecule has 0 saturated heterocycles. The number of aromatic hydroxyl groups is 1. The monoisotopic (exact) mass is 440 g/mol. The molecular formula is C23H19F3N4O2. The Labute approximate surface area is 181 Å². The lowest BCUT2D eigenvalue weighted by Gasteiger charge is -2.16. The number of aliphatic hydroxyl groups is 1. The molecule has 0 aliphatic rings. The molecule has 2 aromatic heterocycles. The van der Waals surface area contributed by atoms with Crippen molar-refractivity contribution in [3.8, 4) is 5.75 Å². The normalized spacial score (nSPS) is 11.7. The lowest BCUT2D eigenvalue weighted by molar-refractivity contribution is -0.137. The van der Waals surface area contributed by atoms with Crippen molar-refractivity contribution in [1.29, 1.82) is 0 Å². The molecule has 32 heavy (non-hydrogen) atoms. The number of phenolic OH excluding ortho intramolecular Hbond substituents is 1. The topological polar surface area (TPSA) is 91.2 Å². The predicted molar refractivity (Wildman–Crippen MR) is 114 cm³/mol. The number of benzene rings is 2. The molecule has 0 bridgehead atoms. The van der Waals surface area contributed by atoms with Crippen molar-refractivity contribution >= 4 is 22.5 Å². The van der Waals surface area contributed by atoms with Crippen molar-refractivity contribution in [3.05, 3.63) is 82.8 Å². The predicted octanol–water partition coefficient (Wildman–Crippen LogP) is 4.88. The van der Waals surface area contributed by atoms with Crippen LogP contribution in [0.3, 0.4) is 0 Å². The molecule has 0 atom stereocenters. The summed E-state index contributed by atoms with van der Waals surface area (Å²) >= 11 is 0. The number of aromatic nitrogens is 3. The van der Waals surface area contributed by atoms with Gasteiger partial charge in [-0.2, -0.15) is 13.2 Å². The number of hydrogen-bond donors (Lipinski definition) is 3. The fourth-order valence-corrected chi connectivity index (χ4v) is 3.34. The summed E-state index contributed by atoms with van der Waals surface area (Å²) in [6.07, 6.45) is -2.87. The highest BCUT2D eigenvalue weighted by molar-refractivity contribution is 5.86. The van der Waals surface area contributed by atoms with Gasteiger partial charge in [0.25, 0.3) is 0 Å². The number of hydrogen-bond acceptors (Lipinski definition) is 6. The van der Waals surface area contributed by atoms with Gasteiger partial charge in [-0.05, 0) is 36.8 Å². The highest BCUT2D eigenvalue weighted by Gasteiger charge is 2.31. The average molecular weight is 440 g/mol. The van der Waals surface area contributed by atoms with Crippen LogP contribution < -0.4 is 5.32 Å². The van der Waals surface area contributed by atoms with Gasteiger partial charge in [-0.25, -0.2) is 15.0 Å². The van der Waals surface area contributed by atoms with Gasteiger partial charge >= 0.3 is 6.18 Å². The quantitative estimate of drug-likeness (QED) is 0.410. The molecule has 0 radical (unpaired) electrons. The van der Waals surface area contributed by atoms with Crippen LogP contribution in [-0.4, -0.2) is 25.2 Å². The number of nitrogens with zero attached hydrogens (tertiary/aromatic N) is 3. The standard InChI is InChI=1S/C23H19F3N4O2/c1-13-8-9-27-22(28-13)30-19-11-17(23(24,25)26)6-4-15(19)10-16-3-2-14-5-7-18(12-31)29-20(14)21(16)32/h2-9,11,31-32H,10,12H2,1H3,(H,27,28,30). The van der Waals surface area contributed by atoms with E-state index >= 15 is 0 Å². The van der Waals surface area contributed by atoms with E-state index in [1.165, 1.54) is 12.3 Å². The van der Waals surface area contributed by atoms with E-state index in [1.807, 2.05) is 0 Å². The third-order valence-electron chi connectivity index (χ3n) is 5.00. The summed E-state index contributed by atoms with van der Waals surface area (Å²) in [5.41, 5.74) is 1.74. The molecule has 2 heterocycles. The Kier molecular flexibility index (Phi) is 5.67. The van der Waals surface area contributed by atoms with Crippen molar-refractivity contribution < 1.29 is 23.4 Å². The number of halogens is 3. The first-order valence-corrected chi connectivity index (χ1v) is 9.73. The third-order valence-corrected chi connectivity index (χ3v) is 5.00. The third kappa shape index (κ3) is 4.47. The first-order chi connectivity index (χ1) is 15.2. The van der Waals surface area contributed by atoms with Gasteiger partial charge in [0.1, 0.15) is 11.3 Å². The van der Waals surface area contributed by atoms with Crippen LogP contribution in [-0.2, 0) is 19.2 Å². The van der Waals surface area contributed by atoms with Crippen LogP contribution in [0.25, 0.3) is 10.9 Å². The number of phenols is 1. The average Bonchev–Trinajstić information content (AvgIpc) is 2.76. The van der Waals surface area contributed by atoms with Crippen LogP contribution in [0.4, 0.5) is 24.8 Å². The Morgan fingerprint density at radius 2 is 1.72 bits per heavy atom. The molecule has 0 fully saturated rings. The molecule has 4 rings (SSSR count). The van der Waals surface area contributed by atoms with Gasteiger partial charge in [0.05, 0.1) is 17.9 Å². The molecule has 4 aromatic rings. The molecule has 164 valence electrons. The number of aliphatic hydroxyl groups excluding tert-OH is 1. The van der Waals surface area contributed by atoms with E-state index in [9.17, 15) is 23.4 Å². The van der Waals surface area contributed by atoms with Crippen molar-refractivity contribution in [2.75, 3.05) is 5.32 Å². The smallest absolute Gasteiger partial charge is 0.416 e. The number of aryl methyl sites for hydroxylation is 1. The summed E-state index contributed by atoms with van der Waals surface area (Å²) in [6, 6.07) is 11.9. The van der Waals surface area contributed by atoms with Gasteiger partial charge in [-0.15, -0.1) is 0 Å². The number of anilines is 2. The molecular weight excluding hydrogens is 421 g/mol. The molecule has 0 spiro atoms. The number of alkyl halides is 3. The first-order valence-electron chi connectivity index (χ1n) is 9.73. The van der Waals surface area contributed by atoms with Crippen LogP contribution in [0, 0.1) is 6.92 Å². The second-order valence-electron chi connectivity index (χ2n) is 7.30. The summed E-state index contributed by atoms with van der Waals surface area (Å²) in [7, 11) is 0. The summed E-state index contributed by atoms with van der Waals surface area (Å²) in [5.74, 6) is 0.0815. The number of rotatable bonds is 5. The highest BCUT2D eigenvalue weighted by atomic mass is 19.4. The lowest BCUT2D eigenvalue weighted by atomic mass is 9.99. The van der Waals surface area contributed by atoms with E-state index in [0.29, 0.717) is 33.4 Å². The molecule has 6 nitrogen and oxygen atoms in total. The van der Waals surface area contributed by atoms with Crippen LogP contribution in [0.5, 0.6) is 5.75 Å². The Balaban J connectivity index is 1.76. The zero-order valence-electron chi connectivity index (χ0n) is 17.0.